The molecule has 2 aliphatic heterocycles. The lowest BCUT2D eigenvalue weighted by atomic mass is 9.89. The molecule has 0 unspecified atom stereocenters. The number of nitrogens with zero attached hydrogens (tertiary/aromatic N) is 3. The van der Waals surface area contributed by atoms with E-state index in [0.29, 0.717) is 6.67 Å². The maximum atomic E-state index is 6.04. The van der Waals surface area contributed by atoms with Crippen molar-refractivity contribution in [1.29, 1.82) is 0 Å². The zero-order valence-electron chi connectivity index (χ0n) is 8.16. The molecule has 0 aromatic rings. The molecule has 0 fully saturated rings. The number of aliphatic imine (C=N–C) groups is 2. The molecule has 0 spiro atoms. The van der Waals surface area contributed by atoms with E-state index in [4.69, 9.17) is 5.84 Å². The third-order valence-corrected chi connectivity index (χ3v) is 3.19. The SMILES string of the molecule is NN1C2=NCN=C2CC2=C1CCCC2. The highest BCUT2D eigenvalue weighted by Crippen LogP contribution is 2.33. The van der Waals surface area contributed by atoms with E-state index in [1.54, 1.807) is 5.01 Å². The minimum Gasteiger partial charge on any atom is -0.265 e. The molecule has 4 nitrogen and oxygen atoms in total. The van der Waals surface area contributed by atoms with Gasteiger partial charge in [0.05, 0.1) is 5.71 Å². The van der Waals surface area contributed by atoms with Crippen LogP contribution in [0.25, 0.3) is 0 Å². The number of fused-ring (bicyclic) bond motifs is 1. The second kappa shape index (κ2) is 2.92. The van der Waals surface area contributed by atoms with Gasteiger partial charge in [-0.05, 0) is 31.3 Å². The van der Waals surface area contributed by atoms with Crippen molar-refractivity contribution >= 4 is 11.5 Å². The number of hydrazine groups is 1. The Morgan fingerprint density at radius 3 is 2.93 bits per heavy atom. The van der Waals surface area contributed by atoms with E-state index in [9.17, 15) is 0 Å². The summed E-state index contributed by atoms with van der Waals surface area (Å²) in [5.41, 5.74) is 3.88. The minimum atomic E-state index is 0.568. The minimum absolute atomic E-state index is 0.568. The number of rotatable bonds is 0. The van der Waals surface area contributed by atoms with Gasteiger partial charge in [-0.1, -0.05) is 0 Å². The second-order valence-electron chi connectivity index (χ2n) is 4.03. The van der Waals surface area contributed by atoms with Gasteiger partial charge >= 0.3 is 0 Å². The predicted octanol–water partition coefficient (Wildman–Crippen LogP) is 1.20. The van der Waals surface area contributed by atoms with E-state index in [1.165, 1.54) is 30.5 Å². The van der Waals surface area contributed by atoms with Gasteiger partial charge in [0.25, 0.3) is 0 Å². The van der Waals surface area contributed by atoms with Crippen LogP contribution < -0.4 is 5.84 Å². The molecule has 2 N–H and O–H groups in total. The zero-order valence-corrected chi connectivity index (χ0v) is 8.16. The number of allylic oxidation sites excluding steroid dienone is 2. The average molecular weight is 190 g/mol. The summed E-state index contributed by atoms with van der Waals surface area (Å²) in [5, 5.41) is 1.77. The molecule has 14 heavy (non-hydrogen) atoms. The summed E-state index contributed by atoms with van der Waals surface area (Å²) in [7, 11) is 0. The smallest absolute Gasteiger partial charge is 0.166 e. The summed E-state index contributed by atoms with van der Waals surface area (Å²) >= 11 is 0. The Morgan fingerprint density at radius 2 is 2.00 bits per heavy atom. The molecular weight excluding hydrogens is 176 g/mol. The molecule has 4 heteroatoms. The van der Waals surface area contributed by atoms with Crippen molar-refractivity contribution in [3.05, 3.63) is 11.3 Å². The van der Waals surface area contributed by atoms with E-state index in [2.05, 4.69) is 9.98 Å². The van der Waals surface area contributed by atoms with Gasteiger partial charge in [-0.15, -0.1) is 0 Å². The first kappa shape index (κ1) is 8.17. The lowest BCUT2D eigenvalue weighted by Gasteiger charge is -2.33. The van der Waals surface area contributed by atoms with Gasteiger partial charge in [0, 0.05) is 12.1 Å². The Morgan fingerprint density at radius 1 is 1.14 bits per heavy atom. The van der Waals surface area contributed by atoms with Crippen molar-refractivity contribution in [2.45, 2.75) is 32.1 Å². The van der Waals surface area contributed by atoms with Crippen molar-refractivity contribution in [1.82, 2.24) is 5.01 Å². The maximum Gasteiger partial charge on any atom is 0.166 e. The fourth-order valence-electron chi connectivity index (χ4n) is 2.46. The van der Waals surface area contributed by atoms with Gasteiger partial charge in [-0.3, -0.25) is 10.0 Å². The summed E-state index contributed by atoms with van der Waals surface area (Å²) in [5.74, 6) is 6.95. The Labute approximate surface area is 83.2 Å². The van der Waals surface area contributed by atoms with Crippen molar-refractivity contribution < 1.29 is 0 Å². The molecule has 0 bridgehead atoms. The molecule has 0 saturated carbocycles. The highest BCUT2D eigenvalue weighted by atomic mass is 15.5. The molecule has 0 aromatic carbocycles. The molecular formula is C10H14N4. The van der Waals surface area contributed by atoms with E-state index >= 15 is 0 Å². The highest BCUT2D eigenvalue weighted by molar-refractivity contribution is 6.43. The van der Waals surface area contributed by atoms with Crippen LogP contribution in [0.3, 0.4) is 0 Å². The summed E-state index contributed by atoms with van der Waals surface area (Å²) < 4.78 is 0. The van der Waals surface area contributed by atoms with Crippen LogP contribution in [0.5, 0.6) is 0 Å². The molecule has 1 aliphatic carbocycles. The number of hydrogen-bond donors (Lipinski definition) is 1. The van der Waals surface area contributed by atoms with Gasteiger partial charge < -0.3 is 0 Å². The fraction of sp³-hybridized carbons (Fsp3) is 0.600. The van der Waals surface area contributed by atoms with Gasteiger partial charge in [0.15, 0.2) is 5.84 Å². The fourth-order valence-corrected chi connectivity index (χ4v) is 2.46. The predicted molar refractivity (Wildman–Crippen MR) is 55.9 cm³/mol. The standard InChI is InChI=1S/C10H14N4/c11-14-9-4-2-1-3-7(9)5-8-10(14)13-6-12-8/h1-6,11H2. The molecule has 0 atom stereocenters. The number of nitrogens with two attached hydrogens (primary N) is 1. The molecule has 0 saturated heterocycles. The van der Waals surface area contributed by atoms with Crippen LogP contribution in [0.15, 0.2) is 21.3 Å². The Hall–Kier alpha value is -1.16. The van der Waals surface area contributed by atoms with Crippen molar-refractivity contribution in [3.63, 3.8) is 0 Å². The van der Waals surface area contributed by atoms with E-state index in [-0.39, 0.29) is 0 Å². The maximum absolute atomic E-state index is 6.04. The van der Waals surface area contributed by atoms with E-state index < -0.39 is 0 Å². The average Bonchev–Trinajstić information content (AvgIpc) is 2.66. The lowest BCUT2D eigenvalue weighted by Crippen LogP contribution is -2.44. The summed E-state index contributed by atoms with van der Waals surface area (Å²) in [6.07, 6.45) is 5.84. The second-order valence-corrected chi connectivity index (χ2v) is 4.03. The quantitative estimate of drug-likeness (QED) is 0.584. The first-order valence-corrected chi connectivity index (χ1v) is 5.20. The topological polar surface area (TPSA) is 54.0 Å². The molecule has 3 rings (SSSR count). The van der Waals surface area contributed by atoms with Gasteiger partial charge in [0.1, 0.15) is 6.67 Å². The Kier molecular flexibility index (Phi) is 1.70. The summed E-state index contributed by atoms with van der Waals surface area (Å²) in [6, 6.07) is 0. The van der Waals surface area contributed by atoms with Crippen LogP contribution >= 0.6 is 0 Å². The monoisotopic (exact) mass is 190 g/mol. The van der Waals surface area contributed by atoms with E-state index in [1.807, 2.05) is 0 Å². The van der Waals surface area contributed by atoms with Crippen LogP contribution in [0, 0.1) is 0 Å². The third-order valence-electron chi connectivity index (χ3n) is 3.19. The molecule has 74 valence electrons. The summed E-state index contributed by atoms with van der Waals surface area (Å²) in [4.78, 5) is 8.67. The molecule has 0 radical (unpaired) electrons. The first-order valence-electron chi connectivity index (χ1n) is 5.20. The van der Waals surface area contributed by atoms with Crippen molar-refractivity contribution in [2.75, 3.05) is 6.67 Å². The number of amidine groups is 1. The molecule has 3 aliphatic rings. The van der Waals surface area contributed by atoms with Gasteiger partial charge in [0.2, 0.25) is 0 Å². The Bertz CT molecular complexity index is 364. The van der Waals surface area contributed by atoms with E-state index in [0.717, 1.165) is 24.4 Å². The number of hydrogen-bond acceptors (Lipinski definition) is 4. The van der Waals surface area contributed by atoms with Gasteiger partial charge in [-0.2, -0.15) is 0 Å². The van der Waals surface area contributed by atoms with Crippen LogP contribution in [0.1, 0.15) is 32.1 Å². The largest absolute Gasteiger partial charge is 0.265 e. The van der Waals surface area contributed by atoms with Crippen LogP contribution in [-0.2, 0) is 0 Å². The van der Waals surface area contributed by atoms with Crippen LogP contribution in [0.2, 0.25) is 0 Å². The first-order chi connectivity index (χ1) is 6.86. The third kappa shape index (κ3) is 1.04. The van der Waals surface area contributed by atoms with Crippen LogP contribution in [-0.4, -0.2) is 23.2 Å². The molecule has 0 aromatic heterocycles. The van der Waals surface area contributed by atoms with Gasteiger partial charge in [-0.25, -0.2) is 10.8 Å². The normalized spacial score (nSPS) is 25.6. The zero-order chi connectivity index (χ0) is 9.54. The van der Waals surface area contributed by atoms with Crippen LogP contribution in [0.4, 0.5) is 0 Å². The molecule has 2 heterocycles. The lowest BCUT2D eigenvalue weighted by molar-refractivity contribution is 0.468. The molecule has 0 amide bonds. The summed E-state index contributed by atoms with van der Waals surface area (Å²) in [6.45, 7) is 0.568. The van der Waals surface area contributed by atoms with Crippen molar-refractivity contribution in [2.24, 2.45) is 15.8 Å². The highest BCUT2D eigenvalue weighted by Gasteiger charge is 2.30. The Balaban J connectivity index is 2.03. The van der Waals surface area contributed by atoms with Crippen molar-refractivity contribution in [3.8, 4) is 0 Å².